The highest BCUT2D eigenvalue weighted by atomic mass is 19.4. The van der Waals surface area contributed by atoms with Crippen molar-refractivity contribution in [2.45, 2.75) is 37.6 Å². The lowest BCUT2D eigenvalue weighted by molar-refractivity contribution is -0.223. The van der Waals surface area contributed by atoms with Crippen molar-refractivity contribution in [1.82, 2.24) is 4.90 Å². The minimum Gasteiger partial charge on any atom is -0.382 e. The van der Waals surface area contributed by atoms with E-state index in [1.165, 1.54) is 0 Å². The average Bonchev–Trinajstić information content (AvgIpc) is 2.02. The molecule has 0 radical (unpaired) electrons. The second-order valence-corrected chi connectivity index (χ2v) is 3.53. The van der Waals surface area contributed by atoms with Gasteiger partial charge < -0.3 is 10.0 Å². The molecule has 1 heterocycles. The van der Waals surface area contributed by atoms with Crippen LogP contribution in [0.15, 0.2) is 0 Å². The first-order valence-electron chi connectivity index (χ1n) is 4.38. The average molecular weight is 197 g/mol. The summed E-state index contributed by atoms with van der Waals surface area (Å²) in [4.78, 5) is 1.58. The van der Waals surface area contributed by atoms with Crippen LogP contribution in [-0.2, 0) is 0 Å². The van der Waals surface area contributed by atoms with Crippen molar-refractivity contribution in [2.75, 3.05) is 13.6 Å². The van der Waals surface area contributed by atoms with Gasteiger partial charge in [0.2, 0.25) is 0 Å². The van der Waals surface area contributed by atoms with Crippen LogP contribution in [0.5, 0.6) is 0 Å². The second kappa shape index (κ2) is 3.84. The van der Waals surface area contributed by atoms with Crippen LogP contribution >= 0.6 is 0 Å². The van der Waals surface area contributed by atoms with Crippen molar-refractivity contribution in [1.29, 1.82) is 0 Å². The number of likely N-dealkylation sites (N-methyl/N-ethyl adjacent to an activating group) is 1. The number of alkyl halides is 3. The molecule has 0 aromatic rings. The molecule has 2 nitrogen and oxygen atoms in total. The Kier molecular flexibility index (Phi) is 3.18. The topological polar surface area (TPSA) is 23.5 Å². The molecule has 0 saturated carbocycles. The van der Waals surface area contributed by atoms with Crippen molar-refractivity contribution >= 4 is 0 Å². The fraction of sp³-hybridized carbons (Fsp3) is 1.00. The molecule has 0 aromatic carbocycles. The Hall–Kier alpha value is -0.290. The first-order valence-corrected chi connectivity index (χ1v) is 4.38. The predicted octanol–water partition coefficient (Wildman–Crippen LogP) is 1.39. The van der Waals surface area contributed by atoms with E-state index < -0.39 is 18.3 Å². The van der Waals surface area contributed by atoms with E-state index in [1.54, 1.807) is 11.9 Å². The lowest BCUT2D eigenvalue weighted by Crippen LogP contribution is -2.50. The third-order valence-electron chi connectivity index (χ3n) is 2.53. The first kappa shape index (κ1) is 10.8. The Morgan fingerprint density at radius 3 is 2.46 bits per heavy atom. The number of hydrogen-bond acceptors (Lipinski definition) is 2. The number of nitrogens with zero attached hydrogens (tertiary/aromatic N) is 1. The van der Waals surface area contributed by atoms with Crippen molar-refractivity contribution < 1.29 is 18.3 Å². The van der Waals surface area contributed by atoms with Crippen molar-refractivity contribution in [2.24, 2.45) is 0 Å². The first-order chi connectivity index (χ1) is 5.93. The quantitative estimate of drug-likeness (QED) is 0.686. The standard InChI is InChI=1S/C8H14F3NO/c1-12-5-3-2-4-6(12)7(13)8(9,10)11/h6-7,13H,2-5H2,1H3. The summed E-state index contributed by atoms with van der Waals surface area (Å²) in [6.07, 6.45) is -4.58. The van der Waals surface area contributed by atoms with Gasteiger partial charge in [-0.2, -0.15) is 13.2 Å². The maximum Gasteiger partial charge on any atom is 0.415 e. The van der Waals surface area contributed by atoms with Crippen LogP contribution in [0, 0.1) is 0 Å². The van der Waals surface area contributed by atoms with Gasteiger partial charge in [0, 0.05) is 6.04 Å². The molecule has 0 aliphatic carbocycles. The fourth-order valence-corrected chi connectivity index (χ4v) is 1.72. The van der Waals surface area contributed by atoms with E-state index in [-0.39, 0.29) is 0 Å². The summed E-state index contributed by atoms with van der Waals surface area (Å²) in [5, 5.41) is 9.01. The van der Waals surface area contributed by atoms with E-state index in [0.717, 1.165) is 12.8 Å². The zero-order valence-electron chi connectivity index (χ0n) is 7.51. The highest BCUT2D eigenvalue weighted by Crippen LogP contribution is 2.28. The number of likely N-dealkylation sites (tertiary alicyclic amines) is 1. The molecule has 78 valence electrons. The van der Waals surface area contributed by atoms with Crippen molar-refractivity contribution in [3.8, 4) is 0 Å². The van der Waals surface area contributed by atoms with Crippen LogP contribution in [0.2, 0.25) is 0 Å². The maximum absolute atomic E-state index is 12.1. The van der Waals surface area contributed by atoms with Crippen LogP contribution in [0.25, 0.3) is 0 Å². The number of hydrogen-bond donors (Lipinski definition) is 1. The summed E-state index contributed by atoms with van der Waals surface area (Å²) in [7, 11) is 1.62. The van der Waals surface area contributed by atoms with Crippen molar-refractivity contribution in [3.63, 3.8) is 0 Å². The van der Waals surface area contributed by atoms with E-state index in [9.17, 15) is 13.2 Å². The highest BCUT2D eigenvalue weighted by molar-refractivity contribution is 4.84. The van der Waals surface area contributed by atoms with Gasteiger partial charge in [-0.3, -0.25) is 0 Å². The number of aliphatic hydroxyl groups excluding tert-OH is 1. The van der Waals surface area contributed by atoms with E-state index >= 15 is 0 Å². The van der Waals surface area contributed by atoms with E-state index in [2.05, 4.69) is 0 Å². The number of halogens is 3. The molecule has 0 spiro atoms. The smallest absolute Gasteiger partial charge is 0.382 e. The Morgan fingerprint density at radius 2 is 2.00 bits per heavy atom. The van der Waals surface area contributed by atoms with Gasteiger partial charge in [0.1, 0.15) is 0 Å². The SMILES string of the molecule is CN1CCCCC1C(O)C(F)(F)F. The van der Waals surface area contributed by atoms with Gasteiger partial charge in [-0.15, -0.1) is 0 Å². The molecule has 1 N–H and O–H groups in total. The van der Waals surface area contributed by atoms with Gasteiger partial charge in [-0.25, -0.2) is 0 Å². The van der Waals surface area contributed by atoms with Gasteiger partial charge in [0.05, 0.1) is 0 Å². The molecule has 0 aromatic heterocycles. The van der Waals surface area contributed by atoms with E-state index in [0.29, 0.717) is 13.0 Å². The Labute approximate surface area is 75.3 Å². The molecule has 0 bridgehead atoms. The van der Waals surface area contributed by atoms with Gasteiger partial charge in [0.25, 0.3) is 0 Å². The third-order valence-corrected chi connectivity index (χ3v) is 2.53. The summed E-state index contributed by atoms with van der Waals surface area (Å²) >= 11 is 0. The van der Waals surface area contributed by atoms with Crippen LogP contribution in [0.3, 0.4) is 0 Å². The lowest BCUT2D eigenvalue weighted by Gasteiger charge is -2.36. The molecule has 2 unspecified atom stereocenters. The molecular weight excluding hydrogens is 183 g/mol. The van der Waals surface area contributed by atoms with Gasteiger partial charge >= 0.3 is 6.18 Å². The van der Waals surface area contributed by atoms with E-state index in [4.69, 9.17) is 5.11 Å². The molecular formula is C8H14F3NO. The largest absolute Gasteiger partial charge is 0.415 e. The molecule has 1 rings (SSSR count). The fourth-order valence-electron chi connectivity index (χ4n) is 1.72. The zero-order valence-corrected chi connectivity index (χ0v) is 7.51. The molecule has 1 aliphatic heterocycles. The highest BCUT2D eigenvalue weighted by Gasteiger charge is 2.45. The summed E-state index contributed by atoms with van der Waals surface area (Å²) in [5.41, 5.74) is 0. The van der Waals surface area contributed by atoms with Gasteiger partial charge in [0.15, 0.2) is 6.10 Å². The van der Waals surface area contributed by atoms with Crippen LogP contribution in [0.1, 0.15) is 19.3 Å². The minimum atomic E-state index is -4.49. The van der Waals surface area contributed by atoms with Crippen LogP contribution in [-0.4, -0.2) is 41.9 Å². The zero-order chi connectivity index (χ0) is 10.1. The normalized spacial score (nSPS) is 28.8. The molecule has 5 heteroatoms. The summed E-state index contributed by atoms with van der Waals surface area (Å²) in [6, 6.07) is -0.756. The van der Waals surface area contributed by atoms with Gasteiger partial charge in [-0.1, -0.05) is 6.42 Å². The molecule has 1 saturated heterocycles. The third kappa shape index (κ3) is 2.57. The Morgan fingerprint density at radius 1 is 1.38 bits per heavy atom. The second-order valence-electron chi connectivity index (χ2n) is 3.53. The number of rotatable bonds is 1. The number of piperidine rings is 1. The Balaban J connectivity index is 2.58. The van der Waals surface area contributed by atoms with Crippen LogP contribution < -0.4 is 0 Å². The van der Waals surface area contributed by atoms with E-state index in [1.807, 2.05) is 0 Å². The monoisotopic (exact) mass is 197 g/mol. The van der Waals surface area contributed by atoms with Crippen LogP contribution in [0.4, 0.5) is 13.2 Å². The predicted molar refractivity (Wildman–Crippen MR) is 42.3 cm³/mol. The number of aliphatic hydroxyl groups is 1. The molecule has 0 amide bonds. The Bertz CT molecular complexity index is 171. The summed E-state index contributed by atoms with van der Waals surface area (Å²) in [5.74, 6) is 0. The molecule has 2 atom stereocenters. The molecule has 13 heavy (non-hydrogen) atoms. The molecule has 1 fully saturated rings. The van der Waals surface area contributed by atoms with Crippen molar-refractivity contribution in [3.05, 3.63) is 0 Å². The minimum absolute atomic E-state index is 0.428. The summed E-state index contributed by atoms with van der Waals surface area (Å²) < 4.78 is 36.4. The lowest BCUT2D eigenvalue weighted by atomic mass is 9.98. The maximum atomic E-state index is 12.1. The van der Waals surface area contributed by atoms with Gasteiger partial charge in [-0.05, 0) is 26.4 Å². The summed E-state index contributed by atoms with van der Waals surface area (Å²) in [6.45, 7) is 0.637. The molecule has 1 aliphatic rings.